The van der Waals surface area contributed by atoms with Crippen molar-refractivity contribution in [1.82, 2.24) is 4.90 Å². The highest BCUT2D eigenvalue weighted by Crippen LogP contribution is 2.13. The maximum absolute atomic E-state index is 10.9. The molecule has 6 nitrogen and oxygen atoms in total. The molecule has 0 aromatic heterocycles. The monoisotopic (exact) mass is 265 g/mol. The van der Waals surface area contributed by atoms with Gasteiger partial charge in [0.1, 0.15) is 5.75 Å². The minimum absolute atomic E-state index is 0.0207. The molecule has 0 bridgehead atoms. The summed E-state index contributed by atoms with van der Waals surface area (Å²) in [6.45, 7) is 0.568. The molecular formula is C13H19N3O3. The maximum Gasteiger partial charge on any atom is 0.231 e. The first kappa shape index (κ1) is 15.0. The van der Waals surface area contributed by atoms with Crippen LogP contribution in [0.3, 0.4) is 0 Å². The zero-order valence-electron chi connectivity index (χ0n) is 11.0. The Balaban J connectivity index is 2.58. The molecule has 0 aliphatic carbocycles. The predicted molar refractivity (Wildman–Crippen MR) is 71.5 cm³/mol. The van der Waals surface area contributed by atoms with E-state index in [0.717, 1.165) is 11.3 Å². The van der Waals surface area contributed by atoms with Crippen LogP contribution >= 0.6 is 0 Å². The fraction of sp³-hybridized carbons (Fsp3) is 0.385. The summed E-state index contributed by atoms with van der Waals surface area (Å²) in [6.07, 6.45) is 0.678. The molecule has 6 heteroatoms. The number of nitrogens with two attached hydrogens (primary N) is 2. The molecular weight excluding hydrogens is 246 g/mol. The van der Waals surface area contributed by atoms with Crippen LogP contribution in [0.2, 0.25) is 0 Å². The highest BCUT2D eigenvalue weighted by Gasteiger charge is 2.11. The van der Waals surface area contributed by atoms with Crippen LogP contribution in [0, 0.1) is 0 Å². The van der Waals surface area contributed by atoms with Crippen molar-refractivity contribution in [2.24, 2.45) is 11.5 Å². The van der Waals surface area contributed by atoms with Crippen LogP contribution in [0.25, 0.3) is 0 Å². The molecule has 0 fully saturated rings. The van der Waals surface area contributed by atoms with Crippen molar-refractivity contribution >= 4 is 11.8 Å². The van der Waals surface area contributed by atoms with Gasteiger partial charge in [0.2, 0.25) is 11.8 Å². The molecule has 0 heterocycles. The summed E-state index contributed by atoms with van der Waals surface area (Å²) in [5.74, 6) is -0.187. The first-order valence-electron chi connectivity index (χ1n) is 5.93. The molecule has 19 heavy (non-hydrogen) atoms. The van der Waals surface area contributed by atoms with Gasteiger partial charge in [0.15, 0.2) is 0 Å². The molecule has 0 saturated carbocycles. The fourth-order valence-corrected chi connectivity index (χ4v) is 1.77. The lowest BCUT2D eigenvalue weighted by Gasteiger charge is -2.18. The minimum Gasteiger partial charge on any atom is -0.497 e. The van der Waals surface area contributed by atoms with Gasteiger partial charge < -0.3 is 16.2 Å². The number of hydrogen-bond donors (Lipinski definition) is 2. The van der Waals surface area contributed by atoms with Gasteiger partial charge in [-0.25, -0.2) is 0 Å². The molecule has 0 unspecified atom stereocenters. The van der Waals surface area contributed by atoms with E-state index in [1.54, 1.807) is 12.0 Å². The molecule has 0 saturated heterocycles. The van der Waals surface area contributed by atoms with E-state index in [4.69, 9.17) is 16.2 Å². The number of rotatable bonds is 8. The Bertz CT molecular complexity index is 433. The van der Waals surface area contributed by atoms with Crippen LogP contribution in [0.15, 0.2) is 24.3 Å². The van der Waals surface area contributed by atoms with Crippen molar-refractivity contribution in [3.05, 3.63) is 29.8 Å². The third-order valence-electron chi connectivity index (χ3n) is 2.61. The van der Waals surface area contributed by atoms with Crippen molar-refractivity contribution in [2.75, 3.05) is 26.7 Å². The molecule has 0 radical (unpaired) electrons. The number of carbonyl (C=O) groups is 2. The Labute approximate surface area is 112 Å². The van der Waals surface area contributed by atoms with Crippen LogP contribution in [0.5, 0.6) is 5.75 Å². The number of amides is 2. The molecule has 0 aliphatic heterocycles. The molecule has 1 aromatic carbocycles. The van der Waals surface area contributed by atoms with E-state index in [1.165, 1.54) is 0 Å². The number of methoxy groups -OCH3 is 1. The molecule has 0 aliphatic rings. The quantitative estimate of drug-likeness (QED) is 0.662. The Kier molecular flexibility index (Phi) is 5.81. The van der Waals surface area contributed by atoms with Crippen LogP contribution in [0.4, 0.5) is 0 Å². The normalized spacial score (nSPS) is 10.4. The number of hydrogen-bond acceptors (Lipinski definition) is 4. The van der Waals surface area contributed by atoms with Crippen LogP contribution in [-0.4, -0.2) is 43.5 Å². The Morgan fingerprint density at radius 2 is 1.84 bits per heavy atom. The van der Waals surface area contributed by atoms with Gasteiger partial charge in [0, 0.05) is 6.54 Å². The van der Waals surface area contributed by atoms with E-state index < -0.39 is 11.8 Å². The van der Waals surface area contributed by atoms with Crippen molar-refractivity contribution in [3.63, 3.8) is 0 Å². The summed E-state index contributed by atoms with van der Waals surface area (Å²) in [5.41, 5.74) is 11.3. The first-order chi connectivity index (χ1) is 9.01. The summed E-state index contributed by atoms with van der Waals surface area (Å²) in [5, 5.41) is 0. The molecule has 104 valence electrons. The summed E-state index contributed by atoms with van der Waals surface area (Å²) in [7, 11) is 1.60. The Morgan fingerprint density at radius 1 is 1.21 bits per heavy atom. The molecule has 0 atom stereocenters. The molecule has 4 N–H and O–H groups in total. The molecule has 0 spiro atoms. The maximum atomic E-state index is 10.9. The third-order valence-corrected chi connectivity index (χ3v) is 2.61. The second-order valence-electron chi connectivity index (χ2n) is 4.24. The lowest BCUT2D eigenvalue weighted by atomic mass is 10.1. The smallest absolute Gasteiger partial charge is 0.231 e. The SMILES string of the molecule is COc1cccc(CCN(CC(N)=O)CC(N)=O)c1. The fourth-order valence-electron chi connectivity index (χ4n) is 1.77. The van der Waals surface area contributed by atoms with Crippen molar-refractivity contribution < 1.29 is 14.3 Å². The third kappa shape index (κ3) is 5.87. The van der Waals surface area contributed by atoms with Crippen LogP contribution in [-0.2, 0) is 16.0 Å². The predicted octanol–water partition coefficient (Wildman–Crippen LogP) is -0.490. The van der Waals surface area contributed by atoms with Gasteiger partial charge in [0.25, 0.3) is 0 Å². The highest BCUT2D eigenvalue weighted by atomic mass is 16.5. The zero-order chi connectivity index (χ0) is 14.3. The van der Waals surface area contributed by atoms with Crippen molar-refractivity contribution in [3.8, 4) is 5.75 Å². The first-order valence-corrected chi connectivity index (χ1v) is 5.93. The van der Waals surface area contributed by atoms with Gasteiger partial charge in [-0.3, -0.25) is 14.5 Å². The number of ether oxygens (including phenoxy) is 1. The standard InChI is InChI=1S/C13H19N3O3/c1-19-11-4-2-3-10(7-11)5-6-16(8-12(14)17)9-13(15)18/h2-4,7H,5-6,8-9H2,1H3,(H2,14,17)(H2,15,18). The number of carbonyl (C=O) groups excluding carboxylic acids is 2. The second kappa shape index (κ2) is 7.38. The van der Waals surface area contributed by atoms with Gasteiger partial charge in [0.05, 0.1) is 20.2 Å². The number of benzene rings is 1. The van der Waals surface area contributed by atoms with Crippen LogP contribution in [0.1, 0.15) is 5.56 Å². The molecule has 2 amide bonds. The van der Waals surface area contributed by atoms with Gasteiger partial charge in [-0.05, 0) is 24.1 Å². The van der Waals surface area contributed by atoms with Gasteiger partial charge in [-0.1, -0.05) is 12.1 Å². The average Bonchev–Trinajstić information content (AvgIpc) is 2.35. The summed E-state index contributed by atoms with van der Waals surface area (Å²) in [6, 6.07) is 7.61. The largest absolute Gasteiger partial charge is 0.497 e. The van der Waals surface area contributed by atoms with E-state index in [0.29, 0.717) is 13.0 Å². The topological polar surface area (TPSA) is 98.7 Å². The Morgan fingerprint density at radius 3 is 2.37 bits per heavy atom. The van der Waals surface area contributed by atoms with E-state index >= 15 is 0 Å². The molecule has 1 aromatic rings. The van der Waals surface area contributed by atoms with E-state index in [9.17, 15) is 9.59 Å². The zero-order valence-corrected chi connectivity index (χ0v) is 11.0. The highest BCUT2D eigenvalue weighted by molar-refractivity contribution is 5.79. The Hall–Kier alpha value is -2.08. The van der Waals surface area contributed by atoms with Gasteiger partial charge in [-0.15, -0.1) is 0 Å². The van der Waals surface area contributed by atoms with Gasteiger partial charge >= 0.3 is 0 Å². The summed E-state index contributed by atoms with van der Waals surface area (Å²) >= 11 is 0. The lowest BCUT2D eigenvalue weighted by molar-refractivity contribution is -0.121. The summed E-state index contributed by atoms with van der Waals surface area (Å²) in [4.78, 5) is 23.5. The summed E-state index contributed by atoms with van der Waals surface area (Å²) < 4.78 is 5.13. The van der Waals surface area contributed by atoms with E-state index in [1.807, 2.05) is 24.3 Å². The van der Waals surface area contributed by atoms with Gasteiger partial charge in [-0.2, -0.15) is 0 Å². The average molecular weight is 265 g/mol. The second-order valence-corrected chi connectivity index (χ2v) is 4.24. The lowest BCUT2D eigenvalue weighted by Crippen LogP contribution is -2.40. The van der Waals surface area contributed by atoms with Crippen molar-refractivity contribution in [1.29, 1.82) is 0 Å². The van der Waals surface area contributed by atoms with E-state index in [2.05, 4.69) is 0 Å². The minimum atomic E-state index is -0.480. The van der Waals surface area contributed by atoms with Crippen molar-refractivity contribution in [2.45, 2.75) is 6.42 Å². The molecule has 1 rings (SSSR count). The number of nitrogens with zero attached hydrogens (tertiary/aromatic N) is 1. The van der Waals surface area contributed by atoms with Crippen LogP contribution < -0.4 is 16.2 Å². The number of primary amides is 2. The van der Waals surface area contributed by atoms with E-state index in [-0.39, 0.29) is 13.1 Å².